The number of aromatic nitrogens is 1. The van der Waals surface area contributed by atoms with Gasteiger partial charge in [0, 0.05) is 35.2 Å². The fraction of sp³-hybridized carbons (Fsp3) is 0.227. The van der Waals surface area contributed by atoms with E-state index < -0.39 is 11.8 Å². The number of carbonyl (C=O) groups excluding carboxylic acids is 2. The third-order valence-electron chi connectivity index (χ3n) is 4.40. The molecule has 1 heterocycles. The van der Waals surface area contributed by atoms with Crippen molar-refractivity contribution >= 4 is 28.8 Å². The number of nitrogens with zero attached hydrogens (tertiary/aromatic N) is 1. The summed E-state index contributed by atoms with van der Waals surface area (Å²) < 4.78 is 10.3. The van der Waals surface area contributed by atoms with Crippen molar-refractivity contribution < 1.29 is 19.1 Å². The summed E-state index contributed by atoms with van der Waals surface area (Å²) in [4.78, 5) is 29.8. The summed E-state index contributed by atoms with van der Waals surface area (Å²) in [6, 6.07) is 14.5. The van der Waals surface area contributed by atoms with Gasteiger partial charge in [0.25, 0.3) is 0 Å². The molecule has 0 saturated heterocycles. The number of nitrogens with one attached hydrogen (secondary N) is 2. The van der Waals surface area contributed by atoms with Gasteiger partial charge in [-0.25, -0.2) is 4.98 Å². The Kier molecular flexibility index (Phi) is 7.03. The van der Waals surface area contributed by atoms with Crippen molar-refractivity contribution in [2.24, 2.45) is 0 Å². The molecule has 0 unspecified atom stereocenters. The van der Waals surface area contributed by atoms with E-state index in [-0.39, 0.29) is 0 Å². The molecule has 0 radical (unpaired) electrons. The van der Waals surface area contributed by atoms with Crippen molar-refractivity contribution in [2.75, 3.05) is 26.1 Å². The van der Waals surface area contributed by atoms with E-state index in [1.165, 1.54) is 7.11 Å². The van der Waals surface area contributed by atoms with Crippen LogP contribution in [0.15, 0.2) is 48.5 Å². The first-order chi connectivity index (χ1) is 14.5. The van der Waals surface area contributed by atoms with Gasteiger partial charge >= 0.3 is 11.8 Å². The summed E-state index contributed by atoms with van der Waals surface area (Å²) >= 11 is 1.58. The lowest BCUT2D eigenvalue weighted by Crippen LogP contribution is -2.36. The van der Waals surface area contributed by atoms with Crippen LogP contribution in [-0.2, 0) is 16.0 Å². The van der Waals surface area contributed by atoms with Crippen molar-refractivity contribution in [1.82, 2.24) is 10.3 Å². The number of carbonyl (C=O) groups is 2. The van der Waals surface area contributed by atoms with E-state index in [1.54, 1.807) is 42.7 Å². The monoisotopic (exact) mass is 425 g/mol. The van der Waals surface area contributed by atoms with Gasteiger partial charge in [0.15, 0.2) is 0 Å². The highest BCUT2D eigenvalue weighted by Gasteiger charge is 2.15. The average Bonchev–Trinajstić information content (AvgIpc) is 3.14. The summed E-state index contributed by atoms with van der Waals surface area (Å²) in [6.45, 7) is 2.28. The van der Waals surface area contributed by atoms with Crippen LogP contribution in [0.3, 0.4) is 0 Å². The van der Waals surface area contributed by atoms with E-state index in [0.29, 0.717) is 24.4 Å². The lowest BCUT2D eigenvalue weighted by molar-refractivity contribution is -0.136. The number of hydrogen-bond acceptors (Lipinski definition) is 6. The Labute approximate surface area is 179 Å². The van der Waals surface area contributed by atoms with Crippen LogP contribution in [0.25, 0.3) is 10.6 Å². The van der Waals surface area contributed by atoms with E-state index in [4.69, 9.17) is 9.47 Å². The maximum absolute atomic E-state index is 12.1. The summed E-state index contributed by atoms with van der Waals surface area (Å²) in [6.07, 6.45) is 0.595. The molecule has 3 rings (SSSR count). The van der Waals surface area contributed by atoms with Gasteiger partial charge in [0.1, 0.15) is 16.5 Å². The summed E-state index contributed by atoms with van der Waals surface area (Å²) in [7, 11) is 3.17. The topological polar surface area (TPSA) is 89.5 Å². The number of ether oxygens (including phenoxy) is 2. The number of rotatable bonds is 7. The minimum absolute atomic E-state index is 0.343. The minimum atomic E-state index is -0.719. The van der Waals surface area contributed by atoms with Gasteiger partial charge in [0.2, 0.25) is 0 Å². The van der Waals surface area contributed by atoms with E-state index in [2.05, 4.69) is 15.6 Å². The normalized spacial score (nSPS) is 10.4. The molecule has 0 aliphatic rings. The third kappa shape index (κ3) is 5.36. The van der Waals surface area contributed by atoms with Crippen molar-refractivity contribution in [1.29, 1.82) is 0 Å². The number of methoxy groups -OCH3 is 2. The van der Waals surface area contributed by atoms with Gasteiger partial charge in [-0.15, -0.1) is 11.3 Å². The minimum Gasteiger partial charge on any atom is -0.497 e. The van der Waals surface area contributed by atoms with Crippen molar-refractivity contribution in [2.45, 2.75) is 13.3 Å². The fourth-order valence-electron chi connectivity index (χ4n) is 2.78. The van der Waals surface area contributed by atoms with Crippen LogP contribution in [0.1, 0.15) is 10.6 Å². The van der Waals surface area contributed by atoms with Crippen LogP contribution in [0, 0.1) is 6.92 Å². The molecule has 0 aliphatic heterocycles. The zero-order chi connectivity index (χ0) is 21.5. The zero-order valence-corrected chi connectivity index (χ0v) is 17.8. The second-order valence-corrected chi connectivity index (χ2v) is 7.53. The average molecular weight is 426 g/mol. The van der Waals surface area contributed by atoms with Crippen molar-refractivity contribution in [3.8, 4) is 22.1 Å². The molecule has 3 aromatic rings. The molecule has 0 fully saturated rings. The fourth-order valence-corrected chi connectivity index (χ4v) is 3.84. The quantitative estimate of drug-likeness (QED) is 0.566. The van der Waals surface area contributed by atoms with E-state index in [1.807, 2.05) is 31.2 Å². The number of aryl methyl sites for hydroxylation is 1. The number of amides is 2. The molecule has 1 aromatic heterocycles. The molecular formula is C22H23N3O4S. The first-order valence-corrected chi connectivity index (χ1v) is 10.2. The SMILES string of the molecule is COc1ccc(-c2nc(C)c(CCNC(=O)C(=O)Nc3cccc(OC)c3)s2)cc1. The summed E-state index contributed by atoms with van der Waals surface area (Å²) in [5.74, 6) is -0.0118. The molecule has 2 N–H and O–H groups in total. The smallest absolute Gasteiger partial charge is 0.313 e. The van der Waals surface area contributed by atoms with Crippen LogP contribution < -0.4 is 20.1 Å². The molecule has 0 bridgehead atoms. The standard InChI is InChI=1S/C22H23N3O4S/c1-14-19(30-22(24-14)15-7-9-17(28-2)10-8-15)11-12-23-20(26)21(27)25-16-5-4-6-18(13-16)29-3/h4-10,13H,11-12H2,1-3H3,(H,23,26)(H,25,27). The Balaban J connectivity index is 1.53. The van der Waals surface area contributed by atoms with Crippen LogP contribution in [0.2, 0.25) is 0 Å². The molecule has 2 amide bonds. The lowest BCUT2D eigenvalue weighted by Gasteiger charge is -2.07. The number of thiazole rings is 1. The third-order valence-corrected chi connectivity index (χ3v) is 5.67. The zero-order valence-electron chi connectivity index (χ0n) is 17.0. The molecule has 30 heavy (non-hydrogen) atoms. The molecule has 2 aromatic carbocycles. The highest BCUT2D eigenvalue weighted by Crippen LogP contribution is 2.29. The van der Waals surface area contributed by atoms with Crippen LogP contribution >= 0.6 is 11.3 Å². The molecule has 0 saturated carbocycles. The molecule has 8 heteroatoms. The lowest BCUT2D eigenvalue weighted by atomic mass is 10.2. The molecule has 0 spiro atoms. The van der Waals surface area contributed by atoms with Gasteiger partial charge in [-0.2, -0.15) is 0 Å². The van der Waals surface area contributed by atoms with Gasteiger partial charge in [-0.3, -0.25) is 9.59 Å². The predicted octanol–water partition coefficient (Wildman–Crippen LogP) is 3.43. The molecule has 0 atom stereocenters. The summed E-state index contributed by atoms with van der Waals surface area (Å²) in [5.41, 5.74) is 2.43. The predicted molar refractivity (Wildman–Crippen MR) is 117 cm³/mol. The maximum atomic E-state index is 12.1. The largest absolute Gasteiger partial charge is 0.497 e. The molecule has 156 valence electrons. The first-order valence-electron chi connectivity index (χ1n) is 9.34. The number of benzene rings is 2. The van der Waals surface area contributed by atoms with Crippen molar-refractivity contribution in [3.63, 3.8) is 0 Å². The second kappa shape index (κ2) is 9.89. The Morgan fingerprint density at radius 3 is 2.43 bits per heavy atom. The number of anilines is 1. The van der Waals surface area contributed by atoms with Crippen LogP contribution in [0.5, 0.6) is 11.5 Å². The van der Waals surface area contributed by atoms with E-state index >= 15 is 0 Å². The Morgan fingerprint density at radius 1 is 1.00 bits per heavy atom. The highest BCUT2D eigenvalue weighted by molar-refractivity contribution is 7.15. The maximum Gasteiger partial charge on any atom is 0.313 e. The van der Waals surface area contributed by atoms with E-state index in [9.17, 15) is 9.59 Å². The van der Waals surface area contributed by atoms with Gasteiger partial charge < -0.3 is 20.1 Å². The summed E-state index contributed by atoms with van der Waals surface area (Å²) in [5, 5.41) is 6.12. The van der Waals surface area contributed by atoms with Crippen LogP contribution in [0.4, 0.5) is 5.69 Å². The van der Waals surface area contributed by atoms with Gasteiger partial charge in [-0.05, 0) is 43.3 Å². The van der Waals surface area contributed by atoms with E-state index in [0.717, 1.165) is 26.9 Å². The van der Waals surface area contributed by atoms with Gasteiger partial charge in [0.05, 0.1) is 19.9 Å². The first kappa shape index (κ1) is 21.3. The van der Waals surface area contributed by atoms with Gasteiger partial charge in [-0.1, -0.05) is 6.07 Å². The Bertz CT molecular complexity index is 1030. The van der Waals surface area contributed by atoms with Crippen LogP contribution in [-0.4, -0.2) is 37.6 Å². The number of hydrogen-bond donors (Lipinski definition) is 2. The molecule has 7 nitrogen and oxygen atoms in total. The molecule has 0 aliphatic carbocycles. The molecular weight excluding hydrogens is 402 g/mol. The Morgan fingerprint density at radius 2 is 1.73 bits per heavy atom. The second-order valence-electron chi connectivity index (χ2n) is 6.45. The Hall–Kier alpha value is -3.39. The highest BCUT2D eigenvalue weighted by atomic mass is 32.1. The van der Waals surface area contributed by atoms with Crippen molar-refractivity contribution in [3.05, 3.63) is 59.1 Å².